The summed E-state index contributed by atoms with van der Waals surface area (Å²) < 4.78 is 0. The molecule has 0 unspecified atom stereocenters. The minimum absolute atomic E-state index is 0.258. The number of amides is 3. The molecular weight excluding hydrogens is 398 g/mol. The third-order valence-corrected chi connectivity index (χ3v) is 5.60. The van der Waals surface area contributed by atoms with E-state index in [1.807, 2.05) is 26.0 Å². The highest BCUT2D eigenvalue weighted by Gasteiger charge is 2.16. The number of urea groups is 1. The van der Waals surface area contributed by atoms with Gasteiger partial charge in [-0.25, -0.2) is 4.79 Å². The number of rotatable bonds is 7. The van der Waals surface area contributed by atoms with Gasteiger partial charge in [0.05, 0.1) is 5.69 Å². The number of nitrogens with one attached hydrogen (secondary N) is 2. The number of allylic oxidation sites excluding steroid dienone is 2. The van der Waals surface area contributed by atoms with Crippen LogP contribution < -0.4 is 10.6 Å². The number of carbonyl (C=O) groups is 2. The molecule has 0 saturated carbocycles. The minimum Gasteiger partial charge on any atom is -0.341 e. The maximum absolute atomic E-state index is 12.3. The largest absolute Gasteiger partial charge is 0.341 e. The van der Waals surface area contributed by atoms with Crippen LogP contribution in [0.1, 0.15) is 66.4 Å². The molecular formula is C27H35N3O2. The number of benzene rings is 1. The Morgan fingerprint density at radius 1 is 1.09 bits per heavy atom. The minimum atomic E-state index is -0.555. The van der Waals surface area contributed by atoms with Crippen LogP contribution in [0, 0.1) is 26.7 Å². The lowest BCUT2D eigenvalue weighted by Gasteiger charge is -2.17. The standard InChI is InChI=1S/C27H35N3O2/c1-9-10-23(16(2)3)25-17(4)11-12-22(29-25)15-24-18(5)13-21(14-19(24)6)20(7)26(31)30-27(32)28-8/h10-14,16H,7,9,15H2,1-6,8H3,(H2,28,30,31,32)/b23-10-. The van der Waals surface area contributed by atoms with Crippen LogP contribution in [-0.2, 0) is 11.2 Å². The van der Waals surface area contributed by atoms with Crippen molar-refractivity contribution in [2.75, 3.05) is 7.05 Å². The second-order valence-electron chi connectivity index (χ2n) is 8.47. The van der Waals surface area contributed by atoms with Gasteiger partial charge in [-0.05, 0) is 72.6 Å². The molecule has 32 heavy (non-hydrogen) atoms. The molecule has 1 aromatic carbocycles. The Morgan fingerprint density at radius 3 is 2.25 bits per heavy atom. The van der Waals surface area contributed by atoms with Crippen LogP contribution in [0.15, 0.2) is 36.9 Å². The summed E-state index contributed by atoms with van der Waals surface area (Å²) in [7, 11) is 1.46. The van der Waals surface area contributed by atoms with E-state index in [-0.39, 0.29) is 5.57 Å². The number of nitrogens with zero attached hydrogens (tertiary/aromatic N) is 1. The van der Waals surface area contributed by atoms with Crippen LogP contribution in [0.25, 0.3) is 11.1 Å². The zero-order chi connectivity index (χ0) is 24.0. The van der Waals surface area contributed by atoms with Crippen LogP contribution in [0.4, 0.5) is 4.79 Å². The monoisotopic (exact) mass is 433 g/mol. The highest BCUT2D eigenvalue weighted by molar-refractivity contribution is 6.22. The van der Waals surface area contributed by atoms with Crippen molar-refractivity contribution in [1.29, 1.82) is 0 Å². The van der Waals surface area contributed by atoms with E-state index >= 15 is 0 Å². The molecule has 0 aliphatic carbocycles. The fraction of sp³-hybridized carbons (Fsp3) is 0.370. The fourth-order valence-electron chi connectivity index (χ4n) is 3.79. The number of pyridine rings is 1. The van der Waals surface area contributed by atoms with Gasteiger partial charge in [0.25, 0.3) is 5.91 Å². The van der Waals surface area contributed by atoms with Crippen molar-refractivity contribution < 1.29 is 9.59 Å². The number of carbonyl (C=O) groups excluding carboxylic acids is 2. The molecule has 0 saturated heterocycles. The smallest absolute Gasteiger partial charge is 0.321 e. The molecule has 1 aromatic heterocycles. The van der Waals surface area contributed by atoms with Crippen LogP contribution in [0.2, 0.25) is 0 Å². The Balaban J connectivity index is 2.36. The molecule has 3 amide bonds. The normalized spacial score (nSPS) is 11.4. The summed E-state index contributed by atoms with van der Waals surface area (Å²) in [6.07, 6.45) is 3.96. The number of hydrogen-bond donors (Lipinski definition) is 2. The van der Waals surface area contributed by atoms with Crippen molar-refractivity contribution in [1.82, 2.24) is 15.6 Å². The lowest BCUT2D eigenvalue weighted by atomic mass is 9.92. The van der Waals surface area contributed by atoms with Crippen molar-refractivity contribution in [3.8, 4) is 0 Å². The van der Waals surface area contributed by atoms with Gasteiger partial charge >= 0.3 is 6.03 Å². The average molecular weight is 434 g/mol. The van der Waals surface area contributed by atoms with Crippen LogP contribution in [0.5, 0.6) is 0 Å². The van der Waals surface area contributed by atoms with Crippen LogP contribution in [-0.4, -0.2) is 24.0 Å². The highest BCUT2D eigenvalue weighted by Crippen LogP contribution is 2.27. The van der Waals surface area contributed by atoms with Crippen molar-refractivity contribution >= 4 is 23.1 Å². The van der Waals surface area contributed by atoms with E-state index in [4.69, 9.17) is 4.98 Å². The summed E-state index contributed by atoms with van der Waals surface area (Å²) >= 11 is 0. The highest BCUT2D eigenvalue weighted by atomic mass is 16.2. The Hall–Kier alpha value is -3.21. The maximum atomic E-state index is 12.3. The number of aryl methyl sites for hydroxylation is 3. The molecule has 0 spiro atoms. The molecule has 2 N–H and O–H groups in total. The van der Waals surface area contributed by atoms with E-state index in [1.54, 1.807) is 0 Å². The third-order valence-electron chi connectivity index (χ3n) is 5.60. The molecule has 0 atom stereocenters. The van der Waals surface area contributed by atoms with Gasteiger partial charge in [0.2, 0.25) is 0 Å². The second kappa shape index (κ2) is 10.9. The van der Waals surface area contributed by atoms with Gasteiger partial charge < -0.3 is 5.32 Å². The summed E-state index contributed by atoms with van der Waals surface area (Å²) in [5.74, 6) is -0.101. The van der Waals surface area contributed by atoms with Gasteiger partial charge in [0.1, 0.15) is 0 Å². The van der Waals surface area contributed by atoms with E-state index in [0.29, 0.717) is 17.9 Å². The van der Waals surface area contributed by atoms with E-state index in [2.05, 4.69) is 63.1 Å². The molecule has 0 bridgehead atoms. The second-order valence-corrected chi connectivity index (χ2v) is 8.47. The first kappa shape index (κ1) is 25.1. The molecule has 0 fully saturated rings. The van der Waals surface area contributed by atoms with E-state index < -0.39 is 11.9 Å². The molecule has 2 rings (SSSR count). The lowest BCUT2D eigenvalue weighted by Crippen LogP contribution is -2.37. The van der Waals surface area contributed by atoms with E-state index in [9.17, 15) is 9.59 Å². The summed E-state index contributed by atoms with van der Waals surface area (Å²) in [6.45, 7) is 16.6. The molecule has 170 valence electrons. The molecule has 2 aromatic rings. The van der Waals surface area contributed by atoms with Gasteiger partial charge in [0, 0.05) is 24.7 Å². The van der Waals surface area contributed by atoms with E-state index in [1.165, 1.54) is 23.7 Å². The fourth-order valence-corrected chi connectivity index (χ4v) is 3.79. The molecule has 5 heteroatoms. The van der Waals surface area contributed by atoms with Crippen molar-refractivity contribution in [2.45, 2.75) is 54.4 Å². The topological polar surface area (TPSA) is 71.1 Å². The van der Waals surface area contributed by atoms with Gasteiger partial charge in [0.15, 0.2) is 0 Å². The van der Waals surface area contributed by atoms with Crippen molar-refractivity contribution in [3.63, 3.8) is 0 Å². The Bertz CT molecular complexity index is 1040. The summed E-state index contributed by atoms with van der Waals surface area (Å²) in [4.78, 5) is 28.7. The number of hydrogen-bond acceptors (Lipinski definition) is 3. The van der Waals surface area contributed by atoms with Gasteiger partial charge in [-0.2, -0.15) is 0 Å². The first-order valence-electron chi connectivity index (χ1n) is 11.1. The van der Waals surface area contributed by atoms with Crippen molar-refractivity contribution in [3.05, 3.63) is 76.1 Å². The summed E-state index contributed by atoms with van der Waals surface area (Å²) in [5, 5.41) is 4.63. The zero-order valence-electron chi connectivity index (χ0n) is 20.3. The SMILES string of the molecule is C=C(C(=O)NC(=O)NC)c1cc(C)c(Cc2ccc(C)c(/C(=C\CC)C(C)C)n2)c(C)c1. The third kappa shape index (κ3) is 5.94. The Kier molecular flexibility index (Phi) is 8.53. The predicted octanol–water partition coefficient (Wildman–Crippen LogP) is 5.52. The van der Waals surface area contributed by atoms with Crippen molar-refractivity contribution in [2.24, 2.45) is 5.92 Å². The van der Waals surface area contributed by atoms with Crippen LogP contribution in [0.3, 0.4) is 0 Å². The van der Waals surface area contributed by atoms with Gasteiger partial charge in [-0.3, -0.25) is 15.1 Å². The van der Waals surface area contributed by atoms with Crippen LogP contribution >= 0.6 is 0 Å². The molecule has 0 aliphatic rings. The Labute approximate surface area is 192 Å². The molecule has 0 aliphatic heterocycles. The molecule has 1 heterocycles. The lowest BCUT2D eigenvalue weighted by molar-refractivity contribution is -0.114. The summed E-state index contributed by atoms with van der Waals surface area (Å²) in [5.41, 5.74) is 8.83. The number of imide groups is 1. The maximum Gasteiger partial charge on any atom is 0.321 e. The van der Waals surface area contributed by atoms with Gasteiger partial charge in [-0.15, -0.1) is 0 Å². The van der Waals surface area contributed by atoms with Gasteiger partial charge in [-0.1, -0.05) is 51.6 Å². The first-order chi connectivity index (χ1) is 15.1. The average Bonchev–Trinajstić information content (AvgIpc) is 2.74. The number of aromatic nitrogens is 1. The molecule has 5 nitrogen and oxygen atoms in total. The predicted molar refractivity (Wildman–Crippen MR) is 132 cm³/mol. The zero-order valence-corrected chi connectivity index (χ0v) is 20.3. The first-order valence-corrected chi connectivity index (χ1v) is 11.1. The quantitative estimate of drug-likeness (QED) is 0.565. The van der Waals surface area contributed by atoms with E-state index in [0.717, 1.165) is 28.9 Å². The molecule has 0 radical (unpaired) electrons. The Morgan fingerprint density at radius 2 is 1.72 bits per heavy atom. The summed E-state index contributed by atoms with van der Waals surface area (Å²) in [6, 6.07) is 7.57.